The van der Waals surface area contributed by atoms with Crippen LogP contribution >= 0.6 is 0 Å². The van der Waals surface area contributed by atoms with Crippen LogP contribution in [0.1, 0.15) is 63.4 Å². The topological polar surface area (TPSA) is 119 Å². The summed E-state index contributed by atoms with van der Waals surface area (Å²) in [5.74, 6) is -1.85. The highest BCUT2D eigenvalue weighted by Gasteiger charge is 2.38. The van der Waals surface area contributed by atoms with Crippen molar-refractivity contribution >= 4 is 33.3 Å². The molecule has 3 rings (SSSR count). The molecular weight excluding hydrogens is 585 g/mol. The van der Waals surface area contributed by atoms with Gasteiger partial charge in [0.15, 0.2) is 0 Å². The summed E-state index contributed by atoms with van der Waals surface area (Å²) < 4.78 is 61.3. The van der Waals surface area contributed by atoms with E-state index in [1.165, 1.54) is 0 Å². The molecule has 0 radical (unpaired) electrons. The van der Waals surface area contributed by atoms with E-state index < -0.39 is 22.2 Å². The Morgan fingerprint density at radius 1 is 0.953 bits per heavy atom. The summed E-state index contributed by atoms with van der Waals surface area (Å²) in [6.07, 6.45) is -5.08. The molecule has 2 aromatic carbocycles. The first-order valence-electron chi connectivity index (χ1n) is 14.2. The number of rotatable bonds is 10. The minimum absolute atomic E-state index is 0.0778. The molecule has 240 valence electrons. The van der Waals surface area contributed by atoms with E-state index in [-0.39, 0.29) is 10.8 Å². The number of hydrogen-bond donors (Lipinski definition) is 3. The number of hydrogen-bond acceptors (Lipinski definition) is 6. The van der Waals surface area contributed by atoms with Gasteiger partial charge in [-0.05, 0) is 53.6 Å². The van der Waals surface area contributed by atoms with Crippen molar-refractivity contribution in [2.24, 2.45) is 11.8 Å². The van der Waals surface area contributed by atoms with Crippen LogP contribution in [0.4, 0.5) is 24.5 Å². The molecule has 0 saturated carbocycles. The summed E-state index contributed by atoms with van der Waals surface area (Å²) in [6, 6.07) is 12.4. The molecule has 13 heteroatoms. The van der Waals surface area contributed by atoms with E-state index in [1.54, 1.807) is 18.2 Å². The molecule has 1 aliphatic heterocycles. The second-order valence-corrected chi connectivity index (χ2v) is 13.3. The summed E-state index contributed by atoms with van der Waals surface area (Å²) in [5, 5.41) is 10.5. The van der Waals surface area contributed by atoms with Crippen molar-refractivity contribution in [3.05, 3.63) is 53.6 Å². The van der Waals surface area contributed by atoms with Crippen molar-refractivity contribution in [2.45, 2.75) is 58.5 Å². The molecule has 1 fully saturated rings. The number of benzene rings is 2. The minimum atomic E-state index is -5.08. The number of sulfonamides is 1. The Bertz CT molecular complexity index is 1310. The molecule has 0 atom stereocenters. The second-order valence-electron chi connectivity index (χ2n) is 11.6. The van der Waals surface area contributed by atoms with Gasteiger partial charge in [-0.3, -0.25) is 9.52 Å². The zero-order chi connectivity index (χ0) is 32.5. The Morgan fingerprint density at radius 2 is 1.47 bits per heavy atom. The number of aliphatic carboxylic acids is 1. The van der Waals surface area contributed by atoms with Crippen LogP contribution in [0.15, 0.2) is 47.4 Å². The number of carbonyl (C=O) groups is 2. The largest absolute Gasteiger partial charge is 0.490 e. The highest BCUT2D eigenvalue weighted by molar-refractivity contribution is 7.92. The van der Waals surface area contributed by atoms with Crippen molar-refractivity contribution in [1.29, 1.82) is 0 Å². The molecule has 0 bridgehead atoms. The van der Waals surface area contributed by atoms with Gasteiger partial charge in [0.2, 0.25) is 0 Å². The molecule has 1 saturated heterocycles. The zero-order valence-electron chi connectivity index (χ0n) is 25.5. The smallest absolute Gasteiger partial charge is 0.475 e. The summed E-state index contributed by atoms with van der Waals surface area (Å²) >= 11 is 0. The second kappa shape index (κ2) is 15.4. The average molecular weight is 629 g/mol. The van der Waals surface area contributed by atoms with Gasteiger partial charge < -0.3 is 20.2 Å². The summed E-state index contributed by atoms with van der Waals surface area (Å²) in [4.78, 5) is 26.6. The first kappa shape index (κ1) is 35.9. The van der Waals surface area contributed by atoms with Crippen molar-refractivity contribution < 1.29 is 36.3 Å². The third-order valence-electron chi connectivity index (χ3n) is 6.50. The number of carboxylic acids is 1. The fourth-order valence-corrected chi connectivity index (χ4v) is 5.54. The van der Waals surface area contributed by atoms with Crippen molar-refractivity contribution in [2.75, 3.05) is 48.9 Å². The molecule has 43 heavy (non-hydrogen) atoms. The van der Waals surface area contributed by atoms with Gasteiger partial charge in [-0.2, -0.15) is 13.2 Å². The SMILES string of the molecule is CC(C)CN(CC(C)C)C(=O)c1ccc(N2CCNCC2)c(NS(=O)(=O)c2ccc(C(C)C)cc2)c1.O=C(O)C(F)(F)F. The fourth-order valence-electron chi connectivity index (χ4n) is 4.47. The summed E-state index contributed by atoms with van der Waals surface area (Å²) in [6.45, 7) is 17.0. The van der Waals surface area contributed by atoms with Gasteiger partial charge >= 0.3 is 12.1 Å². The fraction of sp³-hybridized carbons (Fsp3) is 0.533. The first-order chi connectivity index (χ1) is 19.9. The zero-order valence-corrected chi connectivity index (χ0v) is 26.3. The van der Waals surface area contributed by atoms with Gasteiger partial charge in [0.25, 0.3) is 15.9 Å². The van der Waals surface area contributed by atoms with Gasteiger partial charge in [0.05, 0.1) is 16.3 Å². The van der Waals surface area contributed by atoms with Crippen LogP contribution in [0.3, 0.4) is 0 Å². The van der Waals surface area contributed by atoms with Crippen LogP contribution < -0.4 is 14.9 Å². The lowest BCUT2D eigenvalue weighted by molar-refractivity contribution is -0.192. The predicted octanol–water partition coefficient (Wildman–Crippen LogP) is 5.41. The monoisotopic (exact) mass is 628 g/mol. The molecule has 9 nitrogen and oxygen atoms in total. The van der Waals surface area contributed by atoms with Crippen molar-refractivity contribution in [3.8, 4) is 0 Å². The molecule has 0 unspecified atom stereocenters. The lowest BCUT2D eigenvalue weighted by Crippen LogP contribution is -2.44. The molecule has 1 heterocycles. The number of alkyl halides is 3. The number of amides is 1. The number of anilines is 2. The first-order valence-corrected chi connectivity index (χ1v) is 15.7. The van der Waals surface area contributed by atoms with Crippen LogP contribution in [0, 0.1) is 11.8 Å². The van der Waals surface area contributed by atoms with Crippen molar-refractivity contribution in [1.82, 2.24) is 10.2 Å². The molecule has 3 N–H and O–H groups in total. The maximum atomic E-state index is 13.5. The van der Waals surface area contributed by atoms with Crippen LogP contribution in [-0.4, -0.2) is 75.7 Å². The van der Waals surface area contributed by atoms with E-state index >= 15 is 0 Å². The molecule has 1 aliphatic rings. The van der Waals surface area contributed by atoms with E-state index in [0.717, 1.165) is 37.4 Å². The molecule has 2 aromatic rings. The van der Waals surface area contributed by atoms with E-state index in [0.29, 0.717) is 42.1 Å². The van der Waals surface area contributed by atoms with Gasteiger partial charge in [-0.1, -0.05) is 53.7 Å². The summed E-state index contributed by atoms with van der Waals surface area (Å²) in [7, 11) is -3.83. The predicted molar refractivity (Wildman–Crippen MR) is 162 cm³/mol. The lowest BCUT2D eigenvalue weighted by Gasteiger charge is -2.32. The number of nitrogens with one attached hydrogen (secondary N) is 2. The van der Waals surface area contributed by atoms with E-state index in [4.69, 9.17) is 9.90 Å². The quantitative estimate of drug-likeness (QED) is 0.322. The lowest BCUT2D eigenvalue weighted by atomic mass is 10.0. The maximum Gasteiger partial charge on any atom is 0.490 e. The van der Waals surface area contributed by atoms with Crippen LogP contribution in [0.2, 0.25) is 0 Å². The normalized spacial score (nSPS) is 14.0. The molecule has 0 aromatic heterocycles. The Balaban J connectivity index is 0.000000821. The third kappa shape index (κ3) is 11.0. The van der Waals surface area contributed by atoms with Crippen molar-refractivity contribution in [3.63, 3.8) is 0 Å². The highest BCUT2D eigenvalue weighted by Crippen LogP contribution is 2.31. The number of halogens is 3. The molecule has 0 spiro atoms. The van der Waals surface area contributed by atoms with Crippen LogP contribution in [-0.2, 0) is 14.8 Å². The average Bonchev–Trinajstić information content (AvgIpc) is 2.92. The van der Waals surface area contributed by atoms with Gasteiger partial charge in [0, 0.05) is 44.8 Å². The van der Waals surface area contributed by atoms with Gasteiger partial charge in [0.1, 0.15) is 0 Å². The maximum absolute atomic E-state index is 13.5. The Morgan fingerprint density at radius 3 is 1.91 bits per heavy atom. The molecular formula is C30H43F3N4O5S. The van der Waals surface area contributed by atoms with E-state index in [9.17, 15) is 26.4 Å². The van der Waals surface area contributed by atoms with Gasteiger partial charge in [-0.15, -0.1) is 0 Å². The van der Waals surface area contributed by atoms with Crippen LogP contribution in [0.5, 0.6) is 0 Å². The Labute approximate surface area is 252 Å². The van der Waals surface area contributed by atoms with E-state index in [1.807, 2.05) is 29.2 Å². The molecule has 1 amide bonds. The summed E-state index contributed by atoms with van der Waals surface area (Å²) in [5.41, 5.74) is 2.79. The number of carbonyl (C=O) groups excluding carboxylic acids is 1. The minimum Gasteiger partial charge on any atom is -0.475 e. The highest BCUT2D eigenvalue weighted by atomic mass is 32.2. The molecule has 0 aliphatic carbocycles. The Hall–Kier alpha value is -3.32. The number of nitrogens with zero attached hydrogens (tertiary/aromatic N) is 2. The standard InChI is InChI=1S/C28H42N4O3S.C2HF3O2/c1-20(2)18-32(19-21(3)4)28(33)24-9-12-27(31-15-13-29-14-16-31)26(17-24)30-36(34,35)25-10-7-23(8-11-25)22(5)6;3-2(4,5)1(6)7/h7-12,17,20-22,29-30H,13-16,18-19H2,1-6H3;(H,6,7). The Kier molecular flexibility index (Phi) is 12.9. The number of piperazine rings is 1. The third-order valence-corrected chi connectivity index (χ3v) is 7.88. The van der Waals surface area contributed by atoms with Gasteiger partial charge in [-0.25, -0.2) is 13.2 Å². The number of carboxylic acid groups (broad SMARTS) is 1. The van der Waals surface area contributed by atoms with E-state index in [2.05, 4.69) is 56.5 Å². The van der Waals surface area contributed by atoms with Crippen LogP contribution in [0.25, 0.3) is 0 Å².